The highest BCUT2D eigenvalue weighted by atomic mass is 79.9. The number of carbonyl (C=O) groups is 6. The zero-order valence-corrected chi connectivity index (χ0v) is 25.4. The van der Waals surface area contributed by atoms with Crippen LogP contribution in [0.2, 0.25) is 0 Å². The lowest BCUT2D eigenvalue weighted by molar-refractivity contribution is -0.148. The molecule has 0 saturated carbocycles. The van der Waals surface area contributed by atoms with Crippen LogP contribution < -0.4 is 16.0 Å². The van der Waals surface area contributed by atoms with E-state index in [-0.39, 0.29) is 25.6 Å². The quantitative estimate of drug-likeness (QED) is 0.262. The summed E-state index contributed by atoms with van der Waals surface area (Å²) in [7, 11) is 0. The summed E-state index contributed by atoms with van der Waals surface area (Å²) in [6.45, 7) is 3.66. The lowest BCUT2D eigenvalue weighted by Gasteiger charge is -2.27. The molecule has 230 valence electrons. The number of likely N-dealkylation sites (tertiary alicyclic amines) is 2. The Balaban J connectivity index is 1.51. The number of ether oxygens (including phenoxy) is 1. The van der Waals surface area contributed by atoms with Crippen LogP contribution in [0.15, 0.2) is 28.7 Å². The fourth-order valence-electron chi connectivity index (χ4n) is 5.08. The van der Waals surface area contributed by atoms with E-state index in [4.69, 9.17) is 4.74 Å². The number of benzene rings is 1. The molecule has 0 bridgehead atoms. The average molecular weight is 653 g/mol. The summed E-state index contributed by atoms with van der Waals surface area (Å²) >= 11 is 3.38. The summed E-state index contributed by atoms with van der Waals surface area (Å²) in [5.74, 6) is -3.09. The van der Waals surface area contributed by atoms with Crippen molar-refractivity contribution in [3.8, 4) is 0 Å². The number of hydrogen-bond donors (Lipinski definition) is 4. The van der Waals surface area contributed by atoms with Gasteiger partial charge in [-0.2, -0.15) is 0 Å². The third kappa shape index (κ3) is 9.16. The van der Waals surface area contributed by atoms with Crippen molar-refractivity contribution in [2.24, 2.45) is 5.92 Å². The molecule has 2 saturated heterocycles. The zero-order chi connectivity index (χ0) is 30.8. The van der Waals surface area contributed by atoms with E-state index >= 15 is 0 Å². The van der Waals surface area contributed by atoms with E-state index in [0.717, 1.165) is 10.0 Å². The molecule has 1 aromatic rings. The van der Waals surface area contributed by atoms with Crippen molar-refractivity contribution in [1.82, 2.24) is 25.8 Å². The van der Waals surface area contributed by atoms with Crippen LogP contribution in [0.5, 0.6) is 0 Å². The minimum atomic E-state index is -1.08. The molecule has 3 rings (SSSR count). The monoisotopic (exact) mass is 651 g/mol. The molecule has 42 heavy (non-hydrogen) atoms. The van der Waals surface area contributed by atoms with Crippen molar-refractivity contribution < 1.29 is 38.6 Å². The highest BCUT2D eigenvalue weighted by Crippen LogP contribution is 2.20. The van der Waals surface area contributed by atoms with Gasteiger partial charge in [-0.1, -0.05) is 48.0 Å². The second-order valence-corrected chi connectivity index (χ2v) is 11.6. The molecular formula is C28H38BrN5O8. The van der Waals surface area contributed by atoms with Gasteiger partial charge in [0.15, 0.2) is 0 Å². The SMILES string of the molecule is CC(C)CC(NC(=O)C1CCCN1C(=O)CNC(=O)OCc1ccccc1Br)C(=O)NCC(=O)N1CCCC1C(=O)O. The molecule has 4 N–H and O–H groups in total. The maximum Gasteiger partial charge on any atom is 0.407 e. The molecule has 2 aliphatic heterocycles. The largest absolute Gasteiger partial charge is 0.480 e. The Kier molecular flexibility index (Phi) is 12.1. The number of rotatable bonds is 12. The highest BCUT2D eigenvalue weighted by molar-refractivity contribution is 9.10. The molecule has 0 aromatic heterocycles. The molecule has 0 radical (unpaired) electrons. The van der Waals surface area contributed by atoms with E-state index in [1.54, 1.807) is 6.07 Å². The van der Waals surface area contributed by atoms with Crippen LogP contribution in [-0.4, -0.2) is 94.9 Å². The van der Waals surface area contributed by atoms with E-state index < -0.39 is 53.8 Å². The molecule has 0 spiro atoms. The van der Waals surface area contributed by atoms with Gasteiger partial charge in [0.25, 0.3) is 0 Å². The van der Waals surface area contributed by atoms with Crippen LogP contribution in [0.3, 0.4) is 0 Å². The first-order valence-electron chi connectivity index (χ1n) is 14.0. The van der Waals surface area contributed by atoms with Crippen molar-refractivity contribution in [2.45, 2.75) is 70.7 Å². The van der Waals surface area contributed by atoms with E-state index in [1.807, 2.05) is 32.0 Å². The minimum Gasteiger partial charge on any atom is -0.480 e. The van der Waals surface area contributed by atoms with Crippen molar-refractivity contribution in [2.75, 3.05) is 26.2 Å². The zero-order valence-electron chi connectivity index (χ0n) is 23.8. The topological polar surface area (TPSA) is 174 Å². The van der Waals surface area contributed by atoms with Gasteiger partial charge in [0, 0.05) is 23.1 Å². The molecule has 2 heterocycles. The number of halogens is 1. The summed E-state index contributed by atoms with van der Waals surface area (Å²) in [5.41, 5.74) is 0.764. The van der Waals surface area contributed by atoms with Crippen LogP contribution in [-0.2, 0) is 35.3 Å². The Morgan fingerprint density at radius 3 is 2.17 bits per heavy atom. The first kappa shape index (κ1) is 32.8. The van der Waals surface area contributed by atoms with Crippen molar-refractivity contribution in [3.63, 3.8) is 0 Å². The second-order valence-electron chi connectivity index (χ2n) is 10.8. The lowest BCUT2D eigenvalue weighted by atomic mass is 10.0. The van der Waals surface area contributed by atoms with Crippen molar-refractivity contribution >= 4 is 51.6 Å². The predicted molar refractivity (Wildman–Crippen MR) is 154 cm³/mol. The number of amides is 5. The molecule has 3 atom stereocenters. The number of carboxylic acid groups (broad SMARTS) is 1. The molecule has 2 fully saturated rings. The van der Waals surface area contributed by atoms with Crippen molar-refractivity contribution in [3.05, 3.63) is 34.3 Å². The lowest BCUT2D eigenvalue weighted by Crippen LogP contribution is -2.55. The summed E-state index contributed by atoms with van der Waals surface area (Å²) in [6, 6.07) is 4.57. The van der Waals surface area contributed by atoms with E-state index in [1.165, 1.54) is 9.80 Å². The van der Waals surface area contributed by atoms with E-state index in [0.29, 0.717) is 45.2 Å². The number of nitrogens with one attached hydrogen (secondary N) is 3. The molecule has 3 unspecified atom stereocenters. The Morgan fingerprint density at radius 1 is 0.952 bits per heavy atom. The smallest absolute Gasteiger partial charge is 0.407 e. The number of hydrogen-bond acceptors (Lipinski definition) is 7. The summed E-state index contributed by atoms with van der Waals surface area (Å²) in [6.07, 6.45) is 1.42. The number of carbonyl (C=O) groups excluding carboxylic acids is 5. The van der Waals surface area contributed by atoms with Crippen LogP contribution in [0, 0.1) is 5.92 Å². The summed E-state index contributed by atoms with van der Waals surface area (Å²) in [5, 5.41) is 17.0. The van der Waals surface area contributed by atoms with Crippen LogP contribution in [0.4, 0.5) is 4.79 Å². The molecule has 5 amide bonds. The highest BCUT2D eigenvalue weighted by Gasteiger charge is 2.37. The average Bonchev–Trinajstić information content (AvgIpc) is 3.64. The molecule has 14 heteroatoms. The summed E-state index contributed by atoms with van der Waals surface area (Å²) < 4.78 is 5.96. The fraction of sp³-hybridized carbons (Fsp3) is 0.571. The Morgan fingerprint density at radius 2 is 1.55 bits per heavy atom. The van der Waals surface area contributed by atoms with Crippen LogP contribution in [0.1, 0.15) is 51.5 Å². The normalized spacial score (nSPS) is 18.9. The van der Waals surface area contributed by atoms with Gasteiger partial charge in [-0.3, -0.25) is 19.2 Å². The van der Waals surface area contributed by atoms with Gasteiger partial charge < -0.3 is 35.6 Å². The van der Waals surface area contributed by atoms with Gasteiger partial charge in [0.1, 0.15) is 31.3 Å². The number of nitrogens with zero attached hydrogens (tertiary/aromatic N) is 2. The van der Waals surface area contributed by atoms with Crippen molar-refractivity contribution in [1.29, 1.82) is 0 Å². The van der Waals surface area contributed by atoms with Gasteiger partial charge in [-0.25, -0.2) is 9.59 Å². The first-order chi connectivity index (χ1) is 20.0. The van der Waals surface area contributed by atoms with Crippen LogP contribution >= 0.6 is 15.9 Å². The first-order valence-corrected chi connectivity index (χ1v) is 14.8. The maximum atomic E-state index is 13.2. The number of carboxylic acids is 1. The third-order valence-electron chi connectivity index (χ3n) is 7.19. The van der Waals surface area contributed by atoms with Crippen LogP contribution in [0.25, 0.3) is 0 Å². The Hall–Kier alpha value is -3.68. The Bertz CT molecular complexity index is 1180. The third-order valence-corrected chi connectivity index (χ3v) is 7.96. The van der Waals surface area contributed by atoms with E-state index in [2.05, 4.69) is 31.9 Å². The van der Waals surface area contributed by atoms with E-state index in [9.17, 15) is 33.9 Å². The van der Waals surface area contributed by atoms with Gasteiger partial charge in [0.2, 0.25) is 23.6 Å². The standard InChI is InChI=1S/C28H38BrN5O8/c1-17(2)13-20(25(37)30-14-23(35)34-12-6-10-22(34)27(39)40)32-26(38)21-9-5-11-33(21)24(36)15-31-28(41)42-16-18-7-3-4-8-19(18)29/h3-4,7-8,17,20-22H,5-6,9-16H2,1-2H3,(H,30,37)(H,31,41)(H,32,38)(H,39,40). The summed E-state index contributed by atoms with van der Waals surface area (Å²) in [4.78, 5) is 77.8. The molecule has 0 aliphatic carbocycles. The maximum absolute atomic E-state index is 13.2. The molecule has 1 aromatic carbocycles. The van der Waals surface area contributed by atoms with Gasteiger partial charge >= 0.3 is 12.1 Å². The molecule has 13 nitrogen and oxygen atoms in total. The number of alkyl carbamates (subject to hydrolysis) is 1. The minimum absolute atomic E-state index is 0.0132. The number of aliphatic carboxylic acids is 1. The fourth-order valence-corrected chi connectivity index (χ4v) is 5.48. The molecular weight excluding hydrogens is 614 g/mol. The van der Waals surface area contributed by atoms with Gasteiger partial charge in [-0.05, 0) is 44.1 Å². The molecule has 2 aliphatic rings. The second kappa shape index (κ2) is 15.5. The van der Waals surface area contributed by atoms with Gasteiger partial charge in [0.05, 0.1) is 6.54 Å². The predicted octanol–water partition coefficient (Wildman–Crippen LogP) is 1.39. The Labute approximate surface area is 252 Å². The van der Waals surface area contributed by atoms with Gasteiger partial charge in [-0.15, -0.1) is 0 Å².